The third-order valence-corrected chi connectivity index (χ3v) is 4.48. The zero-order chi connectivity index (χ0) is 19.8. The van der Waals surface area contributed by atoms with Crippen molar-refractivity contribution in [2.45, 2.75) is 46.7 Å². The Morgan fingerprint density at radius 3 is 2.04 bits per heavy atom. The van der Waals surface area contributed by atoms with Crippen LogP contribution in [-0.4, -0.2) is 29.3 Å². The summed E-state index contributed by atoms with van der Waals surface area (Å²) in [6.45, 7) is 9.50. The second-order valence-corrected chi connectivity index (χ2v) is 7.53. The number of nitrogens with one attached hydrogen (secondary N) is 1. The molecule has 144 valence electrons. The van der Waals surface area contributed by atoms with E-state index in [0.29, 0.717) is 30.1 Å². The van der Waals surface area contributed by atoms with Crippen molar-refractivity contribution in [3.8, 4) is 0 Å². The van der Waals surface area contributed by atoms with Gasteiger partial charge in [0.25, 0.3) is 11.8 Å². The maximum absolute atomic E-state index is 12.9. The Morgan fingerprint density at radius 1 is 0.889 bits per heavy atom. The zero-order valence-electron chi connectivity index (χ0n) is 16.7. The molecule has 4 nitrogen and oxygen atoms in total. The Labute approximate surface area is 162 Å². The molecular weight excluding hydrogens is 336 g/mol. The van der Waals surface area contributed by atoms with Crippen LogP contribution in [0.4, 0.5) is 0 Å². The van der Waals surface area contributed by atoms with Gasteiger partial charge in [0.2, 0.25) is 0 Å². The number of nitrogens with zero attached hydrogens (tertiary/aromatic N) is 1. The second-order valence-electron chi connectivity index (χ2n) is 7.53. The van der Waals surface area contributed by atoms with E-state index in [2.05, 4.69) is 19.2 Å². The van der Waals surface area contributed by atoms with Crippen molar-refractivity contribution in [2.24, 2.45) is 5.92 Å². The molecule has 0 radical (unpaired) electrons. The van der Waals surface area contributed by atoms with Crippen LogP contribution in [0.1, 0.15) is 60.4 Å². The molecule has 0 heterocycles. The first-order valence-electron chi connectivity index (χ1n) is 9.61. The minimum absolute atomic E-state index is 0.0272. The molecule has 0 saturated heterocycles. The van der Waals surface area contributed by atoms with Gasteiger partial charge in [0.1, 0.15) is 0 Å². The van der Waals surface area contributed by atoms with Gasteiger partial charge in [-0.2, -0.15) is 0 Å². The van der Waals surface area contributed by atoms with Crippen LogP contribution in [0.15, 0.2) is 54.6 Å². The van der Waals surface area contributed by atoms with E-state index < -0.39 is 0 Å². The molecule has 0 aliphatic rings. The predicted molar refractivity (Wildman–Crippen MR) is 110 cm³/mol. The van der Waals surface area contributed by atoms with Crippen molar-refractivity contribution in [3.05, 3.63) is 71.3 Å². The lowest BCUT2D eigenvalue weighted by atomic mass is 10.1. The first kappa shape index (κ1) is 20.7. The molecule has 0 atom stereocenters. The minimum atomic E-state index is -0.0975. The molecule has 0 bridgehead atoms. The highest BCUT2D eigenvalue weighted by molar-refractivity contribution is 5.97. The molecule has 0 aliphatic heterocycles. The monoisotopic (exact) mass is 366 g/mol. The summed E-state index contributed by atoms with van der Waals surface area (Å²) in [6.07, 6.45) is 0.950. The fourth-order valence-corrected chi connectivity index (χ4v) is 2.78. The van der Waals surface area contributed by atoms with Gasteiger partial charge in [0.05, 0.1) is 0 Å². The van der Waals surface area contributed by atoms with Crippen molar-refractivity contribution in [1.29, 1.82) is 0 Å². The normalized spacial score (nSPS) is 10.9. The summed E-state index contributed by atoms with van der Waals surface area (Å²) in [5.41, 5.74) is 2.27. The lowest BCUT2D eigenvalue weighted by Gasteiger charge is -2.27. The number of amides is 2. The fourth-order valence-electron chi connectivity index (χ4n) is 2.78. The molecule has 27 heavy (non-hydrogen) atoms. The van der Waals surface area contributed by atoms with E-state index in [0.717, 1.165) is 12.0 Å². The maximum atomic E-state index is 12.9. The summed E-state index contributed by atoms with van der Waals surface area (Å²) in [4.78, 5) is 27.0. The summed E-state index contributed by atoms with van der Waals surface area (Å²) in [5, 5.41) is 2.92. The van der Waals surface area contributed by atoms with Crippen molar-refractivity contribution >= 4 is 11.8 Å². The lowest BCUT2D eigenvalue weighted by molar-refractivity contribution is 0.0690. The summed E-state index contributed by atoms with van der Waals surface area (Å²) in [5.74, 6) is 0.428. The van der Waals surface area contributed by atoms with E-state index in [1.54, 1.807) is 24.3 Å². The molecule has 2 aromatic rings. The molecule has 2 rings (SSSR count). The van der Waals surface area contributed by atoms with Crippen LogP contribution in [-0.2, 0) is 6.54 Å². The molecule has 0 unspecified atom stereocenters. The van der Waals surface area contributed by atoms with Crippen LogP contribution < -0.4 is 5.32 Å². The van der Waals surface area contributed by atoms with Gasteiger partial charge in [0.15, 0.2) is 0 Å². The molecule has 1 N–H and O–H groups in total. The number of hydrogen-bond acceptors (Lipinski definition) is 2. The maximum Gasteiger partial charge on any atom is 0.254 e. The Hall–Kier alpha value is -2.62. The molecule has 2 aromatic carbocycles. The van der Waals surface area contributed by atoms with Gasteiger partial charge in [-0.15, -0.1) is 0 Å². The molecule has 0 fully saturated rings. The Bertz CT molecular complexity index is 737. The third-order valence-electron chi connectivity index (χ3n) is 4.48. The van der Waals surface area contributed by atoms with E-state index in [1.807, 2.05) is 49.1 Å². The van der Waals surface area contributed by atoms with Gasteiger partial charge in [-0.3, -0.25) is 9.59 Å². The summed E-state index contributed by atoms with van der Waals surface area (Å²) < 4.78 is 0. The fraction of sp³-hybridized carbons (Fsp3) is 0.391. The lowest BCUT2D eigenvalue weighted by Crippen LogP contribution is -2.36. The minimum Gasteiger partial charge on any atom is -0.352 e. The van der Waals surface area contributed by atoms with Crippen molar-refractivity contribution < 1.29 is 9.59 Å². The van der Waals surface area contributed by atoms with Gasteiger partial charge < -0.3 is 10.2 Å². The summed E-state index contributed by atoms with van der Waals surface area (Å²) in [7, 11) is 0. The van der Waals surface area contributed by atoms with Crippen LogP contribution in [0.25, 0.3) is 0 Å². The Morgan fingerprint density at radius 2 is 1.48 bits per heavy atom. The first-order chi connectivity index (χ1) is 12.9. The summed E-state index contributed by atoms with van der Waals surface area (Å²) >= 11 is 0. The number of benzene rings is 2. The van der Waals surface area contributed by atoms with E-state index in [9.17, 15) is 9.59 Å². The highest BCUT2D eigenvalue weighted by Crippen LogP contribution is 2.14. The topological polar surface area (TPSA) is 49.4 Å². The van der Waals surface area contributed by atoms with Gasteiger partial charge in [0, 0.05) is 30.3 Å². The van der Waals surface area contributed by atoms with Crippen molar-refractivity contribution in [3.63, 3.8) is 0 Å². The van der Waals surface area contributed by atoms with Crippen molar-refractivity contribution in [1.82, 2.24) is 10.2 Å². The quantitative estimate of drug-likeness (QED) is 0.747. The smallest absolute Gasteiger partial charge is 0.254 e. The van der Waals surface area contributed by atoms with Crippen LogP contribution in [0.2, 0.25) is 0 Å². The Balaban J connectivity index is 2.05. The van der Waals surface area contributed by atoms with E-state index in [-0.39, 0.29) is 17.9 Å². The van der Waals surface area contributed by atoms with Crippen LogP contribution in [0.5, 0.6) is 0 Å². The summed E-state index contributed by atoms with van der Waals surface area (Å²) in [6, 6.07) is 17.0. The average Bonchev–Trinajstić information content (AvgIpc) is 2.66. The number of carbonyl (C=O) groups is 2. The van der Waals surface area contributed by atoms with Crippen molar-refractivity contribution in [2.75, 3.05) is 6.54 Å². The molecule has 4 heteroatoms. The van der Waals surface area contributed by atoms with Crippen LogP contribution in [0.3, 0.4) is 0 Å². The Kier molecular flexibility index (Phi) is 7.59. The predicted octanol–water partition coefficient (Wildman–Crippen LogP) is 4.51. The van der Waals surface area contributed by atoms with Gasteiger partial charge >= 0.3 is 0 Å². The van der Waals surface area contributed by atoms with Gasteiger partial charge in [-0.1, -0.05) is 44.2 Å². The molecule has 0 aliphatic carbocycles. The highest BCUT2D eigenvalue weighted by atomic mass is 16.2. The molecule has 2 amide bonds. The SMILES string of the molecule is CC(C)CCNC(=O)c1ccc(C(=O)N(Cc2ccccc2)C(C)C)cc1. The van der Waals surface area contributed by atoms with E-state index in [4.69, 9.17) is 0 Å². The highest BCUT2D eigenvalue weighted by Gasteiger charge is 2.19. The number of hydrogen-bond donors (Lipinski definition) is 1. The standard InChI is InChI=1S/C23H30N2O2/c1-17(2)14-15-24-22(26)20-10-12-21(13-11-20)23(27)25(18(3)4)16-19-8-6-5-7-9-19/h5-13,17-18H,14-16H2,1-4H3,(H,24,26). The zero-order valence-corrected chi connectivity index (χ0v) is 16.7. The first-order valence-corrected chi connectivity index (χ1v) is 9.61. The number of carbonyl (C=O) groups excluding carboxylic acids is 2. The van der Waals surface area contributed by atoms with E-state index >= 15 is 0 Å². The average molecular weight is 367 g/mol. The van der Waals surface area contributed by atoms with Gasteiger partial charge in [-0.05, 0) is 56.0 Å². The van der Waals surface area contributed by atoms with Crippen LogP contribution in [0, 0.1) is 5.92 Å². The molecular formula is C23H30N2O2. The van der Waals surface area contributed by atoms with Crippen LogP contribution >= 0.6 is 0 Å². The second kappa shape index (κ2) is 9.91. The molecule has 0 aromatic heterocycles. The van der Waals surface area contributed by atoms with E-state index in [1.165, 1.54) is 0 Å². The third kappa shape index (κ3) is 6.24. The molecule has 0 saturated carbocycles. The largest absolute Gasteiger partial charge is 0.352 e. The number of rotatable bonds is 8. The molecule has 0 spiro atoms. The van der Waals surface area contributed by atoms with Gasteiger partial charge in [-0.25, -0.2) is 0 Å².